The molecule has 106 valence electrons. The third-order valence-corrected chi connectivity index (χ3v) is 4.22. The van der Waals surface area contributed by atoms with Crippen LogP contribution in [0.25, 0.3) is 10.9 Å². The number of aromatic nitrogens is 2. The number of hydrogen-bond acceptors (Lipinski definition) is 3. The Bertz CT molecular complexity index is 805. The second-order valence-corrected chi connectivity index (χ2v) is 6.03. The second kappa shape index (κ2) is 6.00. The van der Waals surface area contributed by atoms with Crippen molar-refractivity contribution in [2.24, 2.45) is 0 Å². The van der Waals surface area contributed by atoms with Crippen LogP contribution in [0.3, 0.4) is 0 Å². The minimum Gasteiger partial charge on any atom is -0.380 e. The predicted molar refractivity (Wildman–Crippen MR) is 90.8 cm³/mol. The van der Waals surface area contributed by atoms with Crippen LogP contribution in [0.4, 0.5) is 5.69 Å². The van der Waals surface area contributed by atoms with Gasteiger partial charge in [-0.2, -0.15) is 0 Å². The summed E-state index contributed by atoms with van der Waals surface area (Å²) < 4.78 is 0.994. The summed E-state index contributed by atoms with van der Waals surface area (Å²) in [6, 6.07) is 10.0. The standard InChI is InChI=1S/C16H13BrClN3/c1-10-7-15(12-3-2-4-13(17)16(12)21-10)20-8-11-5-6-19-9-14(11)18/h2-7,9H,8H2,1H3,(H,20,21). The summed E-state index contributed by atoms with van der Waals surface area (Å²) in [4.78, 5) is 8.59. The molecule has 0 radical (unpaired) electrons. The molecule has 0 amide bonds. The number of fused-ring (bicyclic) bond motifs is 1. The van der Waals surface area contributed by atoms with Crippen LogP contribution < -0.4 is 5.32 Å². The summed E-state index contributed by atoms with van der Waals surface area (Å²) >= 11 is 9.70. The Hall–Kier alpha value is -1.65. The molecule has 0 spiro atoms. The Morgan fingerprint density at radius 3 is 2.95 bits per heavy atom. The molecule has 0 unspecified atom stereocenters. The summed E-state index contributed by atoms with van der Waals surface area (Å²) in [5.41, 5.74) is 3.99. The summed E-state index contributed by atoms with van der Waals surface area (Å²) in [6.07, 6.45) is 3.40. The zero-order valence-electron chi connectivity index (χ0n) is 11.4. The van der Waals surface area contributed by atoms with E-state index in [1.165, 1.54) is 0 Å². The first kappa shape index (κ1) is 14.3. The lowest BCUT2D eigenvalue weighted by molar-refractivity contribution is 1.12. The molecule has 2 heterocycles. The Labute approximate surface area is 136 Å². The molecule has 0 aliphatic heterocycles. The van der Waals surface area contributed by atoms with E-state index in [2.05, 4.69) is 37.3 Å². The fourth-order valence-corrected chi connectivity index (χ4v) is 2.87. The van der Waals surface area contributed by atoms with Gasteiger partial charge in [-0.15, -0.1) is 0 Å². The Kier molecular flexibility index (Phi) is 4.08. The molecule has 1 N–H and O–H groups in total. The van der Waals surface area contributed by atoms with Crippen LogP contribution in [0.2, 0.25) is 5.02 Å². The SMILES string of the molecule is Cc1cc(NCc2ccncc2Cl)c2cccc(Br)c2n1. The highest BCUT2D eigenvalue weighted by Gasteiger charge is 2.07. The normalized spacial score (nSPS) is 10.8. The second-order valence-electron chi connectivity index (χ2n) is 4.77. The molecule has 5 heteroatoms. The molecular weight excluding hydrogens is 350 g/mol. The first-order valence-electron chi connectivity index (χ1n) is 6.53. The number of para-hydroxylation sites is 1. The Balaban J connectivity index is 1.97. The van der Waals surface area contributed by atoms with E-state index >= 15 is 0 Å². The van der Waals surface area contributed by atoms with Crippen molar-refractivity contribution in [3.05, 3.63) is 63.5 Å². The first-order chi connectivity index (χ1) is 10.1. The van der Waals surface area contributed by atoms with Gasteiger partial charge in [0, 0.05) is 40.2 Å². The van der Waals surface area contributed by atoms with E-state index < -0.39 is 0 Å². The largest absolute Gasteiger partial charge is 0.380 e. The molecule has 0 bridgehead atoms. The van der Waals surface area contributed by atoms with Gasteiger partial charge in [-0.1, -0.05) is 23.7 Å². The Morgan fingerprint density at radius 1 is 1.29 bits per heavy atom. The van der Waals surface area contributed by atoms with Gasteiger partial charge in [0.05, 0.1) is 10.5 Å². The number of nitrogens with one attached hydrogen (secondary N) is 1. The van der Waals surface area contributed by atoms with E-state index in [4.69, 9.17) is 11.6 Å². The molecule has 3 aromatic rings. The Morgan fingerprint density at radius 2 is 2.14 bits per heavy atom. The molecule has 0 saturated carbocycles. The van der Waals surface area contributed by atoms with Crippen molar-refractivity contribution in [1.82, 2.24) is 9.97 Å². The molecular formula is C16H13BrClN3. The average molecular weight is 363 g/mol. The van der Waals surface area contributed by atoms with Gasteiger partial charge in [-0.25, -0.2) is 0 Å². The fraction of sp³-hybridized carbons (Fsp3) is 0.125. The van der Waals surface area contributed by atoms with Crippen LogP contribution in [-0.4, -0.2) is 9.97 Å². The van der Waals surface area contributed by atoms with Crippen molar-refractivity contribution in [2.45, 2.75) is 13.5 Å². The lowest BCUT2D eigenvalue weighted by Gasteiger charge is -2.12. The lowest BCUT2D eigenvalue weighted by atomic mass is 10.1. The van der Waals surface area contributed by atoms with Gasteiger partial charge in [-0.05, 0) is 46.6 Å². The number of hydrogen-bond donors (Lipinski definition) is 1. The van der Waals surface area contributed by atoms with Gasteiger partial charge in [0.25, 0.3) is 0 Å². The molecule has 1 aromatic carbocycles. The number of anilines is 1. The summed E-state index contributed by atoms with van der Waals surface area (Å²) in [5, 5.41) is 5.19. The number of aryl methyl sites for hydroxylation is 1. The van der Waals surface area contributed by atoms with Crippen LogP contribution in [0.15, 0.2) is 47.2 Å². The molecule has 2 aromatic heterocycles. The summed E-state index contributed by atoms with van der Waals surface area (Å²) in [5.74, 6) is 0. The van der Waals surface area contributed by atoms with Crippen molar-refractivity contribution in [3.8, 4) is 0 Å². The predicted octanol–water partition coefficient (Wildman–Crippen LogP) is 4.97. The van der Waals surface area contributed by atoms with Crippen molar-refractivity contribution < 1.29 is 0 Å². The van der Waals surface area contributed by atoms with Gasteiger partial charge in [-0.3, -0.25) is 9.97 Å². The van der Waals surface area contributed by atoms with Crippen LogP contribution in [0, 0.1) is 6.92 Å². The van der Waals surface area contributed by atoms with E-state index in [0.29, 0.717) is 11.6 Å². The number of rotatable bonds is 3. The molecule has 0 fully saturated rings. The monoisotopic (exact) mass is 361 g/mol. The number of nitrogens with zero attached hydrogens (tertiary/aromatic N) is 2. The fourth-order valence-electron chi connectivity index (χ4n) is 2.23. The van der Waals surface area contributed by atoms with Gasteiger partial charge < -0.3 is 5.32 Å². The molecule has 0 atom stereocenters. The van der Waals surface area contributed by atoms with Gasteiger partial charge in [0.2, 0.25) is 0 Å². The highest BCUT2D eigenvalue weighted by molar-refractivity contribution is 9.10. The van der Waals surface area contributed by atoms with Gasteiger partial charge in [0.15, 0.2) is 0 Å². The number of halogens is 2. The lowest BCUT2D eigenvalue weighted by Crippen LogP contribution is -2.02. The highest BCUT2D eigenvalue weighted by Crippen LogP contribution is 2.29. The number of benzene rings is 1. The van der Waals surface area contributed by atoms with Crippen molar-refractivity contribution in [1.29, 1.82) is 0 Å². The first-order valence-corrected chi connectivity index (χ1v) is 7.70. The van der Waals surface area contributed by atoms with Crippen LogP contribution in [0.1, 0.15) is 11.3 Å². The minimum atomic E-state index is 0.645. The van der Waals surface area contributed by atoms with Crippen LogP contribution >= 0.6 is 27.5 Å². The molecule has 3 nitrogen and oxygen atoms in total. The van der Waals surface area contributed by atoms with Crippen molar-refractivity contribution in [3.63, 3.8) is 0 Å². The molecule has 0 saturated heterocycles. The molecule has 3 rings (SSSR count). The third-order valence-electron chi connectivity index (χ3n) is 3.24. The summed E-state index contributed by atoms with van der Waals surface area (Å²) in [6.45, 7) is 2.63. The van der Waals surface area contributed by atoms with Crippen molar-refractivity contribution >= 4 is 44.1 Å². The van der Waals surface area contributed by atoms with E-state index in [1.807, 2.05) is 31.2 Å². The maximum atomic E-state index is 6.14. The highest BCUT2D eigenvalue weighted by atomic mass is 79.9. The van der Waals surface area contributed by atoms with Gasteiger partial charge >= 0.3 is 0 Å². The van der Waals surface area contributed by atoms with E-state index in [9.17, 15) is 0 Å². The molecule has 0 aliphatic carbocycles. The third kappa shape index (κ3) is 3.01. The quantitative estimate of drug-likeness (QED) is 0.715. The zero-order chi connectivity index (χ0) is 14.8. The van der Waals surface area contributed by atoms with E-state index in [1.54, 1.807) is 12.4 Å². The number of pyridine rings is 2. The summed E-state index contributed by atoms with van der Waals surface area (Å²) in [7, 11) is 0. The zero-order valence-corrected chi connectivity index (χ0v) is 13.7. The van der Waals surface area contributed by atoms with Gasteiger partial charge in [0.1, 0.15) is 0 Å². The maximum Gasteiger partial charge on any atom is 0.0867 e. The molecule has 21 heavy (non-hydrogen) atoms. The smallest absolute Gasteiger partial charge is 0.0867 e. The van der Waals surface area contributed by atoms with Crippen LogP contribution in [0.5, 0.6) is 0 Å². The van der Waals surface area contributed by atoms with E-state index in [-0.39, 0.29) is 0 Å². The minimum absolute atomic E-state index is 0.645. The van der Waals surface area contributed by atoms with Crippen molar-refractivity contribution in [2.75, 3.05) is 5.32 Å². The molecule has 0 aliphatic rings. The van der Waals surface area contributed by atoms with E-state index in [0.717, 1.165) is 32.3 Å². The maximum absolute atomic E-state index is 6.14. The topological polar surface area (TPSA) is 37.8 Å². The van der Waals surface area contributed by atoms with Crippen LogP contribution in [-0.2, 0) is 6.54 Å². The average Bonchev–Trinajstić information content (AvgIpc) is 2.47.